The van der Waals surface area contributed by atoms with E-state index in [2.05, 4.69) is 38.1 Å². The van der Waals surface area contributed by atoms with Crippen molar-refractivity contribution in [3.05, 3.63) is 39.5 Å². The maximum atomic E-state index is 6.04. The summed E-state index contributed by atoms with van der Waals surface area (Å²) in [5, 5.41) is 3.95. The van der Waals surface area contributed by atoms with Crippen molar-refractivity contribution >= 4 is 33.3 Å². The molecule has 1 N–H and O–H groups in total. The number of hydrogen-bond acceptors (Lipinski definition) is 3. The highest BCUT2D eigenvalue weighted by Gasteiger charge is 2.09. The van der Waals surface area contributed by atoms with Crippen LogP contribution in [0, 0.1) is 6.92 Å². The Balaban J connectivity index is 2.43. The standard InChI is InChI=1S/C14H15BrClN3/c1-3-6-17-13-7-9(2)18-14(19-13)11-8-10(16)4-5-12(11)15/h4-5,7-8H,3,6H2,1-2H3,(H,17,18,19). The van der Waals surface area contributed by atoms with Crippen LogP contribution in [-0.2, 0) is 0 Å². The van der Waals surface area contributed by atoms with Crippen LogP contribution in [0.5, 0.6) is 0 Å². The SMILES string of the molecule is CCCNc1cc(C)nc(-c2cc(Cl)ccc2Br)n1. The number of aryl methyl sites for hydroxylation is 1. The first-order valence-electron chi connectivity index (χ1n) is 6.15. The molecular formula is C14H15BrClN3. The minimum Gasteiger partial charge on any atom is -0.370 e. The molecule has 0 bridgehead atoms. The molecule has 0 unspecified atom stereocenters. The van der Waals surface area contributed by atoms with E-state index < -0.39 is 0 Å². The fraction of sp³-hybridized carbons (Fsp3) is 0.286. The van der Waals surface area contributed by atoms with E-state index in [0.29, 0.717) is 10.8 Å². The third kappa shape index (κ3) is 3.67. The number of aromatic nitrogens is 2. The van der Waals surface area contributed by atoms with Crippen molar-refractivity contribution in [1.82, 2.24) is 9.97 Å². The minimum atomic E-state index is 0.673. The Kier molecular flexibility index (Phi) is 4.77. The second kappa shape index (κ2) is 6.35. The number of halogens is 2. The molecule has 0 atom stereocenters. The molecule has 1 aromatic heterocycles. The van der Waals surface area contributed by atoms with Crippen molar-refractivity contribution in [3.8, 4) is 11.4 Å². The summed E-state index contributed by atoms with van der Waals surface area (Å²) >= 11 is 9.55. The van der Waals surface area contributed by atoms with Crippen LogP contribution in [0.25, 0.3) is 11.4 Å². The Morgan fingerprint density at radius 3 is 2.79 bits per heavy atom. The van der Waals surface area contributed by atoms with Crippen molar-refractivity contribution in [2.24, 2.45) is 0 Å². The average molecular weight is 341 g/mol. The molecule has 2 aromatic rings. The molecule has 3 nitrogen and oxygen atoms in total. The molecule has 0 saturated carbocycles. The van der Waals surface area contributed by atoms with Crippen LogP contribution in [0.4, 0.5) is 5.82 Å². The van der Waals surface area contributed by atoms with Crippen molar-refractivity contribution in [2.75, 3.05) is 11.9 Å². The van der Waals surface area contributed by atoms with Gasteiger partial charge in [0.2, 0.25) is 0 Å². The number of hydrogen-bond donors (Lipinski definition) is 1. The predicted molar refractivity (Wildman–Crippen MR) is 83.7 cm³/mol. The zero-order valence-corrected chi connectivity index (χ0v) is 13.2. The van der Waals surface area contributed by atoms with Gasteiger partial charge in [-0.3, -0.25) is 0 Å². The van der Waals surface area contributed by atoms with Crippen molar-refractivity contribution in [3.63, 3.8) is 0 Å². The highest BCUT2D eigenvalue weighted by Crippen LogP contribution is 2.29. The normalized spacial score (nSPS) is 10.5. The van der Waals surface area contributed by atoms with Gasteiger partial charge in [0.25, 0.3) is 0 Å². The van der Waals surface area contributed by atoms with Crippen LogP contribution < -0.4 is 5.32 Å². The Hall–Kier alpha value is -1.13. The predicted octanol–water partition coefficient (Wildman–Crippen LogP) is 4.69. The molecule has 1 aromatic carbocycles. The van der Waals surface area contributed by atoms with Gasteiger partial charge in [0.15, 0.2) is 5.82 Å². The quantitative estimate of drug-likeness (QED) is 0.877. The van der Waals surface area contributed by atoms with Gasteiger partial charge in [0.1, 0.15) is 5.82 Å². The Bertz CT molecular complexity index is 587. The Morgan fingerprint density at radius 1 is 1.26 bits per heavy atom. The van der Waals surface area contributed by atoms with E-state index in [4.69, 9.17) is 11.6 Å². The van der Waals surface area contributed by atoms with Gasteiger partial charge in [-0.15, -0.1) is 0 Å². The topological polar surface area (TPSA) is 37.8 Å². The van der Waals surface area contributed by atoms with E-state index in [1.54, 1.807) is 0 Å². The lowest BCUT2D eigenvalue weighted by Gasteiger charge is -2.09. The maximum absolute atomic E-state index is 6.04. The van der Waals surface area contributed by atoms with E-state index in [1.165, 1.54) is 0 Å². The molecule has 0 amide bonds. The molecule has 5 heteroatoms. The molecule has 0 saturated heterocycles. The van der Waals surface area contributed by atoms with Crippen LogP contribution in [0.15, 0.2) is 28.7 Å². The van der Waals surface area contributed by atoms with Crippen LogP contribution in [-0.4, -0.2) is 16.5 Å². The summed E-state index contributed by atoms with van der Waals surface area (Å²) in [7, 11) is 0. The van der Waals surface area contributed by atoms with Crippen molar-refractivity contribution in [1.29, 1.82) is 0 Å². The van der Waals surface area contributed by atoms with Crippen LogP contribution in [0.2, 0.25) is 5.02 Å². The van der Waals surface area contributed by atoms with Gasteiger partial charge < -0.3 is 5.32 Å². The first-order chi connectivity index (χ1) is 9.10. The largest absolute Gasteiger partial charge is 0.370 e. The smallest absolute Gasteiger partial charge is 0.162 e. The molecule has 0 aliphatic heterocycles. The summed E-state index contributed by atoms with van der Waals surface area (Å²) in [5.74, 6) is 1.52. The van der Waals surface area contributed by atoms with Crippen LogP contribution in [0.1, 0.15) is 19.0 Å². The molecule has 0 radical (unpaired) electrons. The summed E-state index contributed by atoms with van der Waals surface area (Å²) < 4.78 is 0.934. The lowest BCUT2D eigenvalue weighted by molar-refractivity contribution is 0.962. The lowest BCUT2D eigenvalue weighted by atomic mass is 10.2. The number of anilines is 1. The second-order valence-electron chi connectivity index (χ2n) is 4.27. The molecule has 1 heterocycles. The van der Waals surface area contributed by atoms with Crippen LogP contribution in [0.3, 0.4) is 0 Å². The first kappa shape index (κ1) is 14.3. The minimum absolute atomic E-state index is 0.673. The number of benzene rings is 1. The van der Waals surface area contributed by atoms with E-state index >= 15 is 0 Å². The first-order valence-corrected chi connectivity index (χ1v) is 7.32. The van der Waals surface area contributed by atoms with E-state index in [0.717, 1.165) is 34.5 Å². The number of nitrogens with one attached hydrogen (secondary N) is 1. The highest BCUT2D eigenvalue weighted by atomic mass is 79.9. The van der Waals surface area contributed by atoms with Gasteiger partial charge in [0.05, 0.1) is 0 Å². The molecule has 19 heavy (non-hydrogen) atoms. The molecule has 0 aliphatic carbocycles. The summed E-state index contributed by atoms with van der Waals surface area (Å²) in [6, 6.07) is 7.55. The fourth-order valence-electron chi connectivity index (χ4n) is 1.70. The molecule has 2 rings (SSSR count). The molecule has 100 valence electrons. The van der Waals surface area contributed by atoms with E-state index in [-0.39, 0.29) is 0 Å². The maximum Gasteiger partial charge on any atom is 0.162 e. The van der Waals surface area contributed by atoms with E-state index in [9.17, 15) is 0 Å². The zero-order valence-electron chi connectivity index (χ0n) is 10.9. The van der Waals surface area contributed by atoms with Gasteiger partial charge in [0, 0.05) is 33.4 Å². The monoisotopic (exact) mass is 339 g/mol. The van der Waals surface area contributed by atoms with E-state index in [1.807, 2.05) is 31.2 Å². The summed E-state index contributed by atoms with van der Waals surface area (Å²) in [4.78, 5) is 9.01. The third-order valence-electron chi connectivity index (χ3n) is 2.58. The van der Waals surface area contributed by atoms with Crippen LogP contribution >= 0.6 is 27.5 Å². The highest BCUT2D eigenvalue weighted by molar-refractivity contribution is 9.10. The number of nitrogens with zero attached hydrogens (tertiary/aromatic N) is 2. The zero-order chi connectivity index (χ0) is 13.8. The summed E-state index contributed by atoms with van der Waals surface area (Å²) in [6.07, 6.45) is 1.05. The van der Waals surface area contributed by atoms with Gasteiger partial charge in [-0.25, -0.2) is 9.97 Å². The van der Waals surface area contributed by atoms with Gasteiger partial charge in [-0.2, -0.15) is 0 Å². The lowest BCUT2D eigenvalue weighted by Crippen LogP contribution is -2.04. The van der Waals surface area contributed by atoms with Crippen molar-refractivity contribution < 1.29 is 0 Å². The molecular weight excluding hydrogens is 326 g/mol. The second-order valence-corrected chi connectivity index (χ2v) is 5.56. The molecule has 0 aliphatic rings. The molecule has 0 fully saturated rings. The van der Waals surface area contributed by atoms with Gasteiger partial charge in [-0.05, 0) is 31.5 Å². The Labute approximate surface area is 126 Å². The average Bonchev–Trinajstić information content (AvgIpc) is 2.38. The van der Waals surface area contributed by atoms with Gasteiger partial charge in [-0.1, -0.05) is 34.5 Å². The van der Waals surface area contributed by atoms with Crippen molar-refractivity contribution in [2.45, 2.75) is 20.3 Å². The van der Waals surface area contributed by atoms with Gasteiger partial charge >= 0.3 is 0 Å². The number of rotatable bonds is 4. The molecule has 0 spiro atoms. The third-order valence-corrected chi connectivity index (χ3v) is 3.51. The fourth-order valence-corrected chi connectivity index (χ4v) is 2.30. The Morgan fingerprint density at radius 2 is 2.05 bits per heavy atom. The summed E-state index contributed by atoms with van der Waals surface area (Å²) in [5.41, 5.74) is 1.83. The summed E-state index contributed by atoms with van der Waals surface area (Å²) in [6.45, 7) is 4.98.